The van der Waals surface area contributed by atoms with E-state index in [1.165, 1.54) is 0 Å². The van der Waals surface area contributed by atoms with Crippen LogP contribution < -0.4 is 5.32 Å². The van der Waals surface area contributed by atoms with Crippen LogP contribution >= 0.6 is 11.6 Å². The summed E-state index contributed by atoms with van der Waals surface area (Å²) in [5.41, 5.74) is 4.97. The van der Waals surface area contributed by atoms with Crippen molar-refractivity contribution in [2.75, 3.05) is 5.32 Å². The third-order valence-electron chi connectivity index (χ3n) is 4.25. The van der Waals surface area contributed by atoms with Gasteiger partial charge in [0.1, 0.15) is 5.52 Å². The van der Waals surface area contributed by atoms with E-state index in [0.29, 0.717) is 16.6 Å². The Kier molecular flexibility index (Phi) is 4.65. The third-order valence-corrected chi connectivity index (χ3v) is 4.61. The lowest BCUT2D eigenvalue weighted by molar-refractivity contribution is -0.115. The minimum absolute atomic E-state index is 0.131. The van der Waals surface area contributed by atoms with E-state index in [0.717, 1.165) is 27.8 Å². The number of halogens is 1. The highest BCUT2D eigenvalue weighted by atomic mass is 35.5. The number of oxazole rings is 1. The Morgan fingerprint density at radius 1 is 1.07 bits per heavy atom. The fraction of sp³-hybridized carbons (Fsp3) is 0.0909. The number of carbonyl (C=O) groups excluding carboxylic acids is 1. The molecule has 1 aromatic heterocycles. The second-order valence-corrected chi connectivity index (χ2v) is 6.79. The number of amides is 1. The Balaban J connectivity index is 1.55. The first-order chi connectivity index (χ1) is 13.1. The topological polar surface area (TPSA) is 55.1 Å². The fourth-order valence-corrected chi connectivity index (χ4v) is 3.11. The van der Waals surface area contributed by atoms with Gasteiger partial charge in [-0.3, -0.25) is 4.79 Å². The Morgan fingerprint density at radius 3 is 2.78 bits per heavy atom. The molecule has 0 spiro atoms. The average Bonchev–Trinajstić information content (AvgIpc) is 3.07. The number of carbonyl (C=O) groups is 1. The molecule has 0 aliphatic rings. The van der Waals surface area contributed by atoms with Crippen molar-refractivity contribution < 1.29 is 9.21 Å². The van der Waals surface area contributed by atoms with Crippen molar-refractivity contribution >= 4 is 34.3 Å². The smallest absolute Gasteiger partial charge is 0.228 e. The summed E-state index contributed by atoms with van der Waals surface area (Å²) in [6, 6.07) is 20.7. The molecule has 0 radical (unpaired) electrons. The minimum Gasteiger partial charge on any atom is -0.436 e. The van der Waals surface area contributed by atoms with Crippen molar-refractivity contribution in [1.29, 1.82) is 0 Å². The molecule has 0 bridgehead atoms. The van der Waals surface area contributed by atoms with Crippen molar-refractivity contribution in [3.8, 4) is 11.5 Å². The molecular weight excluding hydrogens is 360 g/mol. The lowest BCUT2D eigenvalue weighted by Gasteiger charge is -2.07. The van der Waals surface area contributed by atoms with E-state index in [9.17, 15) is 4.79 Å². The van der Waals surface area contributed by atoms with Crippen molar-refractivity contribution in [3.05, 3.63) is 82.9 Å². The zero-order valence-electron chi connectivity index (χ0n) is 14.7. The van der Waals surface area contributed by atoms with Crippen molar-refractivity contribution in [2.45, 2.75) is 13.3 Å². The molecule has 0 saturated carbocycles. The lowest BCUT2D eigenvalue weighted by Crippen LogP contribution is -2.14. The van der Waals surface area contributed by atoms with Crippen LogP contribution in [-0.4, -0.2) is 10.9 Å². The van der Waals surface area contributed by atoms with Gasteiger partial charge in [-0.05, 0) is 54.4 Å². The van der Waals surface area contributed by atoms with Gasteiger partial charge < -0.3 is 9.73 Å². The number of aromatic nitrogens is 1. The van der Waals surface area contributed by atoms with E-state index < -0.39 is 0 Å². The predicted octanol–water partition coefficient (Wildman–Crippen LogP) is 5.64. The Labute approximate surface area is 161 Å². The molecule has 0 unspecified atom stereocenters. The van der Waals surface area contributed by atoms with Crippen LogP contribution in [0.25, 0.3) is 22.6 Å². The Morgan fingerprint density at radius 2 is 1.93 bits per heavy atom. The molecule has 27 heavy (non-hydrogen) atoms. The molecule has 0 aliphatic carbocycles. The van der Waals surface area contributed by atoms with Gasteiger partial charge in [0.05, 0.1) is 6.42 Å². The van der Waals surface area contributed by atoms with Crippen LogP contribution in [0.5, 0.6) is 0 Å². The Bertz CT molecular complexity index is 1130. The SMILES string of the molecule is Cc1ccc2oc(-c3cccc(NC(=O)Cc4ccccc4Cl)c3)nc2c1. The lowest BCUT2D eigenvalue weighted by atomic mass is 10.1. The second-order valence-electron chi connectivity index (χ2n) is 6.39. The zero-order chi connectivity index (χ0) is 18.8. The van der Waals surface area contributed by atoms with Gasteiger partial charge in [-0.1, -0.05) is 41.9 Å². The summed E-state index contributed by atoms with van der Waals surface area (Å²) in [4.78, 5) is 16.9. The average molecular weight is 377 g/mol. The predicted molar refractivity (Wildman–Crippen MR) is 108 cm³/mol. The molecule has 4 nitrogen and oxygen atoms in total. The number of benzene rings is 3. The molecule has 4 aromatic rings. The number of hydrogen-bond donors (Lipinski definition) is 1. The van der Waals surface area contributed by atoms with E-state index in [1.54, 1.807) is 6.07 Å². The molecule has 0 fully saturated rings. The maximum absolute atomic E-state index is 12.4. The number of nitrogens with zero attached hydrogens (tertiary/aromatic N) is 1. The van der Waals surface area contributed by atoms with Crippen LogP contribution in [0.4, 0.5) is 5.69 Å². The van der Waals surface area contributed by atoms with E-state index in [-0.39, 0.29) is 12.3 Å². The van der Waals surface area contributed by atoms with E-state index in [1.807, 2.05) is 67.6 Å². The largest absolute Gasteiger partial charge is 0.436 e. The Hall–Kier alpha value is -3.11. The molecule has 1 amide bonds. The summed E-state index contributed by atoms with van der Waals surface area (Å²) >= 11 is 6.13. The minimum atomic E-state index is -0.131. The van der Waals surface area contributed by atoms with Crippen LogP contribution in [0.3, 0.4) is 0 Å². The highest BCUT2D eigenvalue weighted by molar-refractivity contribution is 6.31. The maximum atomic E-state index is 12.4. The highest BCUT2D eigenvalue weighted by Gasteiger charge is 2.11. The van der Waals surface area contributed by atoms with Crippen LogP contribution in [0.2, 0.25) is 5.02 Å². The second kappa shape index (κ2) is 7.25. The summed E-state index contributed by atoms with van der Waals surface area (Å²) in [5.74, 6) is 0.395. The van der Waals surface area contributed by atoms with Gasteiger partial charge in [-0.2, -0.15) is 0 Å². The zero-order valence-corrected chi connectivity index (χ0v) is 15.5. The van der Waals surface area contributed by atoms with Crippen LogP contribution in [0.1, 0.15) is 11.1 Å². The summed E-state index contributed by atoms with van der Waals surface area (Å²) in [7, 11) is 0. The van der Waals surface area contributed by atoms with Crippen LogP contribution in [0, 0.1) is 6.92 Å². The summed E-state index contributed by atoms with van der Waals surface area (Å²) < 4.78 is 5.84. The number of fused-ring (bicyclic) bond motifs is 1. The monoisotopic (exact) mass is 376 g/mol. The van der Waals surface area contributed by atoms with E-state index >= 15 is 0 Å². The van der Waals surface area contributed by atoms with E-state index in [2.05, 4.69) is 10.3 Å². The third kappa shape index (κ3) is 3.86. The summed E-state index contributed by atoms with van der Waals surface area (Å²) in [6.45, 7) is 2.02. The highest BCUT2D eigenvalue weighted by Crippen LogP contribution is 2.27. The first-order valence-corrected chi connectivity index (χ1v) is 8.97. The molecule has 0 atom stereocenters. The van der Waals surface area contributed by atoms with Crippen molar-refractivity contribution in [1.82, 2.24) is 4.98 Å². The molecule has 0 aliphatic heterocycles. The molecular formula is C22H17ClN2O2. The summed E-state index contributed by atoms with van der Waals surface area (Å²) in [5, 5.41) is 3.49. The van der Waals surface area contributed by atoms with Gasteiger partial charge in [0.25, 0.3) is 0 Å². The van der Waals surface area contributed by atoms with Crippen molar-refractivity contribution in [2.24, 2.45) is 0 Å². The number of rotatable bonds is 4. The van der Waals surface area contributed by atoms with Gasteiger partial charge >= 0.3 is 0 Å². The van der Waals surface area contributed by atoms with Crippen molar-refractivity contribution in [3.63, 3.8) is 0 Å². The first-order valence-electron chi connectivity index (χ1n) is 8.59. The van der Waals surface area contributed by atoms with Crippen LogP contribution in [-0.2, 0) is 11.2 Å². The fourth-order valence-electron chi connectivity index (χ4n) is 2.91. The van der Waals surface area contributed by atoms with Gasteiger partial charge in [-0.25, -0.2) is 4.98 Å². The van der Waals surface area contributed by atoms with Crippen LogP contribution in [0.15, 0.2) is 71.1 Å². The standard InChI is InChI=1S/C22H17ClN2O2/c1-14-9-10-20-19(11-14)25-22(27-20)16-6-4-7-17(12-16)24-21(26)13-15-5-2-3-8-18(15)23/h2-12H,13H2,1H3,(H,24,26). The number of nitrogens with one attached hydrogen (secondary N) is 1. The molecule has 1 N–H and O–H groups in total. The van der Waals surface area contributed by atoms with Gasteiger partial charge in [0.2, 0.25) is 11.8 Å². The summed E-state index contributed by atoms with van der Waals surface area (Å²) in [6.07, 6.45) is 0.214. The molecule has 4 rings (SSSR count). The van der Waals surface area contributed by atoms with Gasteiger partial charge in [0.15, 0.2) is 5.58 Å². The maximum Gasteiger partial charge on any atom is 0.228 e. The molecule has 134 valence electrons. The number of hydrogen-bond acceptors (Lipinski definition) is 3. The van der Waals surface area contributed by atoms with Gasteiger partial charge in [-0.15, -0.1) is 0 Å². The normalized spacial score (nSPS) is 10.9. The molecule has 3 aromatic carbocycles. The number of aryl methyl sites for hydroxylation is 1. The van der Waals surface area contributed by atoms with Gasteiger partial charge in [0, 0.05) is 16.3 Å². The quantitative estimate of drug-likeness (QED) is 0.501. The van der Waals surface area contributed by atoms with E-state index in [4.69, 9.17) is 16.0 Å². The first kappa shape index (κ1) is 17.3. The number of anilines is 1. The molecule has 1 heterocycles. The molecule has 5 heteroatoms. The molecule has 0 saturated heterocycles.